The third-order valence-corrected chi connectivity index (χ3v) is 6.14. The molecular weight excluding hydrogens is 278 g/mol. The zero-order valence-corrected chi connectivity index (χ0v) is 13.6. The lowest BCUT2D eigenvalue weighted by Crippen LogP contribution is -2.42. The Kier molecular flexibility index (Phi) is 3.81. The first-order valence-electron chi connectivity index (χ1n) is 9.10. The third-order valence-electron chi connectivity index (χ3n) is 6.14. The standard InChI is InChI=1S/C17H29N3O2/c1-2-18-16(19-11-17(21)7-3-4-8-17)20-9-12-13(10-20)15-6-5-14(12)22-15/h12-15,21H,2-11H2,1H3,(H,18,19). The van der Waals surface area contributed by atoms with Gasteiger partial charge in [0.25, 0.3) is 0 Å². The normalized spacial score (nSPS) is 39.5. The van der Waals surface area contributed by atoms with Crippen molar-refractivity contribution in [2.75, 3.05) is 26.2 Å². The monoisotopic (exact) mass is 307 g/mol. The predicted molar refractivity (Wildman–Crippen MR) is 85.8 cm³/mol. The fraction of sp³-hybridized carbons (Fsp3) is 0.941. The molecule has 0 radical (unpaired) electrons. The minimum absolute atomic E-state index is 0.488. The van der Waals surface area contributed by atoms with Gasteiger partial charge in [0.05, 0.1) is 24.4 Å². The van der Waals surface area contributed by atoms with Crippen molar-refractivity contribution in [1.82, 2.24) is 10.2 Å². The van der Waals surface area contributed by atoms with Crippen molar-refractivity contribution >= 4 is 5.96 Å². The molecule has 124 valence electrons. The van der Waals surface area contributed by atoms with Crippen LogP contribution in [0, 0.1) is 11.8 Å². The molecule has 0 amide bonds. The minimum atomic E-state index is -0.557. The Hall–Kier alpha value is -0.810. The van der Waals surface area contributed by atoms with Gasteiger partial charge in [0.15, 0.2) is 5.96 Å². The molecule has 2 bridgehead atoms. The highest BCUT2D eigenvalue weighted by Gasteiger charge is 2.53. The van der Waals surface area contributed by atoms with Gasteiger partial charge in [0.1, 0.15) is 0 Å². The maximum Gasteiger partial charge on any atom is 0.194 e. The van der Waals surface area contributed by atoms with Gasteiger partial charge in [-0.1, -0.05) is 12.8 Å². The molecule has 5 nitrogen and oxygen atoms in total. The summed E-state index contributed by atoms with van der Waals surface area (Å²) in [5.74, 6) is 2.38. The van der Waals surface area contributed by atoms with E-state index in [1.165, 1.54) is 12.8 Å². The van der Waals surface area contributed by atoms with Gasteiger partial charge >= 0.3 is 0 Å². The maximum atomic E-state index is 10.5. The molecule has 1 saturated carbocycles. The zero-order valence-electron chi connectivity index (χ0n) is 13.6. The molecular formula is C17H29N3O2. The number of ether oxygens (including phenoxy) is 1. The van der Waals surface area contributed by atoms with E-state index in [0.29, 0.717) is 30.6 Å². The summed E-state index contributed by atoms with van der Waals surface area (Å²) in [6.07, 6.45) is 7.54. The van der Waals surface area contributed by atoms with Gasteiger partial charge in [0.2, 0.25) is 0 Å². The lowest BCUT2D eigenvalue weighted by atomic mass is 9.82. The molecule has 3 aliphatic heterocycles. The summed E-state index contributed by atoms with van der Waals surface area (Å²) in [6.45, 7) is 5.67. The smallest absolute Gasteiger partial charge is 0.194 e. The molecule has 0 aromatic heterocycles. The molecule has 5 heteroatoms. The van der Waals surface area contributed by atoms with Crippen LogP contribution < -0.4 is 5.32 Å². The van der Waals surface area contributed by atoms with Crippen molar-refractivity contribution in [3.05, 3.63) is 0 Å². The Balaban J connectivity index is 1.44. The molecule has 3 saturated heterocycles. The van der Waals surface area contributed by atoms with Gasteiger partial charge in [0, 0.05) is 31.5 Å². The number of hydrogen-bond donors (Lipinski definition) is 2. The SMILES string of the molecule is CCNC(=NCC1(O)CCCC1)N1CC2C3CCC(O3)C2C1. The number of hydrogen-bond acceptors (Lipinski definition) is 3. The van der Waals surface area contributed by atoms with Crippen molar-refractivity contribution in [3.8, 4) is 0 Å². The van der Waals surface area contributed by atoms with E-state index >= 15 is 0 Å². The van der Waals surface area contributed by atoms with Crippen LogP contribution in [0.15, 0.2) is 4.99 Å². The molecule has 0 aromatic carbocycles. The van der Waals surface area contributed by atoms with E-state index in [-0.39, 0.29) is 0 Å². The second-order valence-corrected chi connectivity index (χ2v) is 7.62. The quantitative estimate of drug-likeness (QED) is 0.611. The summed E-state index contributed by atoms with van der Waals surface area (Å²) in [5.41, 5.74) is -0.557. The first-order chi connectivity index (χ1) is 10.7. The van der Waals surface area contributed by atoms with Crippen LogP contribution >= 0.6 is 0 Å². The summed E-state index contributed by atoms with van der Waals surface area (Å²) in [5, 5.41) is 14.0. The van der Waals surface area contributed by atoms with Crippen LogP contribution in [0.4, 0.5) is 0 Å². The zero-order chi connectivity index (χ0) is 15.2. The molecule has 22 heavy (non-hydrogen) atoms. The maximum absolute atomic E-state index is 10.5. The summed E-state index contributed by atoms with van der Waals surface area (Å²) in [6, 6.07) is 0. The Morgan fingerprint density at radius 1 is 1.23 bits per heavy atom. The summed E-state index contributed by atoms with van der Waals surface area (Å²) < 4.78 is 6.06. The number of aliphatic hydroxyl groups is 1. The van der Waals surface area contributed by atoms with Gasteiger partial charge in [-0.15, -0.1) is 0 Å². The van der Waals surface area contributed by atoms with Crippen LogP contribution in [0.3, 0.4) is 0 Å². The Labute approximate surface area is 133 Å². The number of guanidine groups is 1. The molecule has 4 unspecified atom stereocenters. The van der Waals surface area contributed by atoms with Crippen molar-refractivity contribution in [3.63, 3.8) is 0 Å². The van der Waals surface area contributed by atoms with Crippen molar-refractivity contribution in [2.45, 2.75) is 63.3 Å². The van der Waals surface area contributed by atoms with Gasteiger partial charge in [-0.2, -0.15) is 0 Å². The van der Waals surface area contributed by atoms with E-state index in [1.807, 2.05) is 0 Å². The number of nitrogens with zero attached hydrogens (tertiary/aromatic N) is 2. The van der Waals surface area contributed by atoms with Gasteiger partial charge in [-0.3, -0.25) is 4.99 Å². The topological polar surface area (TPSA) is 57.1 Å². The minimum Gasteiger partial charge on any atom is -0.388 e. The average Bonchev–Trinajstić information content (AvgIpc) is 3.24. The fourth-order valence-corrected chi connectivity index (χ4v) is 4.97. The number of aliphatic imine (C=N–C) groups is 1. The van der Waals surface area contributed by atoms with Crippen molar-refractivity contribution < 1.29 is 9.84 Å². The molecule has 4 rings (SSSR count). The highest BCUT2D eigenvalue weighted by molar-refractivity contribution is 5.80. The Bertz CT molecular complexity index is 429. The first kappa shape index (κ1) is 14.8. The van der Waals surface area contributed by atoms with Crippen LogP contribution in [0.2, 0.25) is 0 Å². The molecule has 4 fully saturated rings. The predicted octanol–water partition coefficient (Wildman–Crippen LogP) is 1.37. The van der Waals surface area contributed by atoms with Crippen LogP contribution in [-0.4, -0.2) is 60.0 Å². The number of rotatable bonds is 3. The largest absolute Gasteiger partial charge is 0.388 e. The van der Waals surface area contributed by atoms with E-state index in [2.05, 4.69) is 17.1 Å². The number of nitrogens with one attached hydrogen (secondary N) is 1. The summed E-state index contributed by atoms with van der Waals surface area (Å²) in [4.78, 5) is 7.20. The van der Waals surface area contributed by atoms with Gasteiger partial charge in [-0.25, -0.2) is 0 Å². The van der Waals surface area contributed by atoms with E-state index in [1.54, 1.807) is 0 Å². The second-order valence-electron chi connectivity index (χ2n) is 7.62. The van der Waals surface area contributed by atoms with Gasteiger partial charge < -0.3 is 20.1 Å². The van der Waals surface area contributed by atoms with E-state index in [4.69, 9.17) is 9.73 Å². The second kappa shape index (κ2) is 5.68. The lowest BCUT2D eigenvalue weighted by molar-refractivity contribution is 0.0568. The molecule has 4 aliphatic rings. The molecule has 0 aromatic rings. The third kappa shape index (κ3) is 2.52. The summed E-state index contributed by atoms with van der Waals surface area (Å²) in [7, 11) is 0. The number of likely N-dealkylation sites (tertiary alicyclic amines) is 1. The van der Waals surface area contributed by atoms with Crippen LogP contribution in [0.25, 0.3) is 0 Å². The summed E-state index contributed by atoms with van der Waals surface area (Å²) >= 11 is 0. The molecule has 4 atom stereocenters. The average molecular weight is 307 g/mol. The van der Waals surface area contributed by atoms with Crippen LogP contribution in [0.1, 0.15) is 45.4 Å². The fourth-order valence-electron chi connectivity index (χ4n) is 4.97. The van der Waals surface area contributed by atoms with Crippen LogP contribution in [0.5, 0.6) is 0 Å². The molecule has 0 spiro atoms. The molecule has 1 aliphatic carbocycles. The van der Waals surface area contributed by atoms with Crippen molar-refractivity contribution in [2.24, 2.45) is 16.8 Å². The highest BCUT2D eigenvalue weighted by Crippen LogP contribution is 2.47. The first-order valence-corrected chi connectivity index (χ1v) is 9.10. The molecule has 2 N–H and O–H groups in total. The lowest BCUT2D eigenvalue weighted by Gasteiger charge is -2.25. The molecule has 3 heterocycles. The van der Waals surface area contributed by atoms with Crippen LogP contribution in [-0.2, 0) is 4.74 Å². The highest BCUT2D eigenvalue weighted by atomic mass is 16.5. The van der Waals surface area contributed by atoms with E-state index < -0.39 is 5.60 Å². The Morgan fingerprint density at radius 3 is 2.45 bits per heavy atom. The van der Waals surface area contributed by atoms with Crippen molar-refractivity contribution in [1.29, 1.82) is 0 Å². The van der Waals surface area contributed by atoms with Gasteiger partial charge in [-0.05, 0) is 32.6 Å². The Morgan fingerprint density at radius 2 is 1.86 bits per heavy atom. The number of fused-ring (bicyclic) bond motifs is 5. The van der Waals surface area contributed by atoms with E-state index in [9.17, 15) is 5.11 Å². The van der Waals surface area contributed by atoms with E-state index in [0.717, 1.165) is 51.3 Å².